The van der Waals surface area contributed by atoms with Crippen LogP contribution >= 0.6 is 0 Å². The number of nitrogens with zero attached hydrogens (tertiary/aromatic N) is 3. The zero-order chi connectivity index (χ0) is 12.4. The molecule has 1 aromatic rings. The van der Waals surface area contributed by atoms with Gasteiger partial charge in [-0.15, -0.1) is 0 Å². The van der Waals surface area contributed by atoms with Crippen molar-refractivity contribution in [2.24, 2.45) is 13.0 Å². The lowest BCUT2D eigenvalue weighted by atomic mass is 9.94. The standard InChI is InChI=1S/C12H20N4O/c1-3-9-4-6-16(7-5-9)12(17)11-10(13)8-15(2)14-11/h8-9H,3-7,13H2,1-2H3. The number of carbonyl (C=O) groups is 1. The molecule has 5 nitrogen and oxygen atoms in total. The maximum absolute atomic E-state index is 12.2. The summed E-state index contributed by atoms with van der Waals surface area (Å²) in [5, 5.41) is 4.12. The van der Waals surface area contributed by atoms with Gasteiger partial charge in [-0.3, -0.25) is 9.48 Å². The first-order chi connectivity index (χ1) is 8.11. The van der Waals surface area contributed by atoms with Crippen LogP contribution in [0.4, 0.5) is 5.69 Å². The van der Waals surface area contributed by atoms with Crippen LogP contribution in [-0.4, -0.2) is 33.7 Å². The Morgan fingerprint density at radius 3 is 2.65 bits per heavy atom. The monoisotopic (exact) mass is 236 g/mol. The predicted molar refractivity (Wildman–Crippen MR) is 66.5 cm³/mol. The molecule has 1 aromatic heterocycles. The van der Waals surface area contributed by atoms with Crippen molar-refractivity contribution in [3.63, 3.8) is 0 Å². The van der Waals surface area contributed by atoms with Gasteiger partial charge in [0.25, 0.3) is 5.91 Å². The zero-order valence-corrected chi connectivity index (χ0v) is 10.5. The number of amides is 1. The van der Waals surface area contributed by atoms with Crippen LogP contribution in [0.15, 0.2) is 6.20 Å². The van der Waals surface area contributed by atoms with Gasteiger partial charge >= 0.3 is 0 Å². The fraction of sp³-hybridized carbons (Fsp3) is 0.667. The first-order valence-corrected chi connectivity index (χ1v) is 6.20. The van der Waals surface area contributed by atoms with Gasteiger partial charge in [-0.25, -0.2) is 0 Å². The molecule has 5 heteroatoms. The number of anilines is 1. The lowest BCUT2D eigenvalue weighted by Crippen LogP contribution is -2.38. The fourth-order valence-corrected chi connectivity index (χ4v) is 2.37. The van der Waals surface area contributed by atoms with Crippen LogP contribution in [0.3, 0.4) is 0 Å². The Hall–Kier alpha value is -1.52. The van der Waals surface area contributed by atoms with Gasteiger partial charge in [-0.05, 0) is 18.8 Å². The van der Waals surface area contributed by atoms with E-state index < -0.39 is 0 Å². The molecule has 1 aliphatic heterocycles. The highest BCUT2D eigenvalue weighted by Gasteiger charge is 2.25. The molecule has 0 atom stereocenters. The summed E-state index contributed by atoms with van der Waals surface area (Å²) < 4.78 is 1.58. The van der Waals surface area contributed by atoms with Crippen LogP contribution in [0.1, 0.15) is 36.7 Å². The van der Waals surface area contributed by atoms with Gasteiger partial charge in [0.2, 0.25) is 0 Å². The first kappa shape index (κ1) is 12.0. The number of rotatable bonds is 2. The highest BCUT2D eigenvalue weighted by molar-refractivity contribution is 5.97. The molecular weight excluding hydrogens is 216 g/mol. The van der Waals surface area contributed by atoms with Crippen molar-refractivity contribution in [3.8, 4) is 0 Å². The zero-order valence-electron chi connectivity index (χ0n) is 10.5. The second-order valence-corrected chi connectivity index (χ2v) is 4.75. The first-order valence-electron chi connectivity index (χ1n) is 6.20. The molecule has 0 aliphatic carbocycles. The molecule has 94 valence electrons. The third-order valence-electron chi connectivity index (χ3n) is 3.54. The SMILES string of the molecule is CCC1CCN(C(=O)c2nn(C)cc2N)CC1. The predicted octanol–water partition coefficient (Wildman–Crippen LogP) is 1.26. The Kier molecular flexibility index (Phi) is 3.36. The minimum Gasteiger partial charge on any atom is -0.396 e. The highest BCUT2D eigenvalue weighted by Crippen LogP contribution is 2.22. The van der Waals surface area contributed by atoms with E-state index in [1.807, 2.05) is 4.90 Å². The van der Waals surface area contributed by atoms with E-state index in [4.69, 9.17) is 5.73 Å². The van der Waals surface area contributed by atoms with Gasteiger partial charge in [-0.1, -0.05) is 13.3 Å². The number of aromatic nitrogens is 2. The molecular formula is C12H20N4O. The summed E-state index contributed by atoms with van der Waals surface area (Å²) in [5.74, 6) is 0.734. The van der Waals surface area contributed by atoms with Crippen LogP contribution < -0.4 is 5.73 Å². The van der Waals surface area contributed by atoms with E-state index in [2.05, 4.69) is 12.0 Å². The maximum atomic E-state index is 12.2. The quantitative estimate of drug-likeness (QED) is 0.841. The van der Waals surface area contributed by atoms with Crippen molar-refractivity contribution in [2.45, 2.75) is 26.2 Å². The molecule has 0 saturated carbocycles. The average molecular weight is 236 g/mol. The molecule has 1 amide bonds. The molecule has 0 radical (unpaired) electrons. The van der Waals surface area contributed by atoms with E-state index in [1.165, 1.54) is 6.42 Å². The molecule has 2 rings (SSSR count). The Labute approximate surface area is 102 Å². The van der Waals surface area contributed by atoms with Gasteiger partial charge < -0.3 is 10.6 Å². The Bertz CT molecular complexity index is 405. The normalized spacial score (nSPS) is 17.4. The summed E-state index contributed by atoms with van der Waals surface area (Å²) in [5.41, 5.74) is 6.63. The Morgan fingerprint density at radius 1 is 1.53 bits per heavy atom. The van der Waals surface area contributed by atoms with Crippen LogP contribution in [-0.2, 0) is 7.05 Å². The lowest BCUT2D eigenvalue weighted by Gasteiger charge is -2.31. The molecule has 0 aromatic carbocycles. The molecule has 0 spiro atoms. The second-order valence-electron chi connectivity index (χ2n) is 4.75. The summed E-state index contributed by atoms with van der Waals surface area (Å²) in [6.45, 7) is 3.86. The number of nitrogen functional groups attached to an aromatic ring is 1. The molecule has 0 bridgehead atoms. The fourth-order valence-electron chi connectivity index (χ4n) is 2.37. The molecule has 2 heterocycles. The van der Waals surface area contributed by atoms with Gasteiger partial charge in [0.05, 0.1) is 5.69 Å². The summed E-state index contributed by atoms with van der Waals surface area (Å²) in [4.78, 5) is 14.1. The number of nitrogens with two attached hydrogens (primary N) is 1. The summed E-state index contributed by atoms with van der Waals surface area (Å²) in [6.07, 6.45) is 5.06. The minimum atomic E-state index is -0.0300. The molecule has 2 N–H and O–H groups in total. The van der Waals surface area contributed by atoms with E-state index >= 15 is 0 Å². The van der Waals surface area contributed by atoms with Gasteiger partial charge in [-0.2, -0.15) is 5.10 Å². The summed E-state index contributed by atoms with van der Waals surface area (Å²) >= 11 is 0. The summed E-state index contributed by atoms with van der Waals surface area (Å²) in [7, 11) is 1.77. The van der Waals surface area contributed by atoms with Crippen LogP contribution in [0.25, 0.3) is 0 Å². The van der Waals surface area contributed by atoms with Crippen LogP contribution in [0.2, 0.25) is 0 Å². The van der Waals surface area contributed by atoms with Crippen LogP contribution in [0, 0.1) is 5.92 Å². The topological polar surface area (TPSA) is 64.2 Å². The molecule has 17 heavy (non-hydrogen) atoms. The second kappa shape index (κ2) is 4.77. The number of aryl methyl sites for hydroxylation is 1. The molecule has 0 unspecified atom stereocenters. The largest absolute Gasteiger partial charge is 0.396 e. The van der Waals surface area contributed by atoms with E-state index in [1.54, 1.807) is 17.9 Å². The number of hydrogen-bond donors (Lipinski definition) is 1. The lowest BCUT2D eigenvalue weighted by molar-refractivity contribution is 0.0683. The van der Waals surface area contributed by atoms with Crippen molar-refractivity contribution < 1.29 is 4.79 Å². The number of piperidine rings is 1. The van der Waals surface area contributed by atoms with Crippen molar-refractivity contribution in [3.05, 3.63) is 11.9 Å². The number of likely N-dealkylation sites (tertiary alicyclic amines) is 1. The molecule has 1 fully saturated rings. The minimum absolute atomic E-state index is 0.0300. The number of hydrogen-bond acceptors (Lipinski definition) is 3. The molecule has 1 aliphatic rings. The van der Waals surface area contributed by atoms with E-state index in [0.29, 0.717) is 11.4 Å². The Morgan fingerprint density at radius 2 is 2.18 bits per heavy atom. The van der Waals surface area contributed by atoms with Gasteiger partial charge in [0.15, 0.2) is 5.69 Å². The van der Waals surface area contributed by atoms with Crippen LogP contribution in [0.5, 0.6) is 0 Å². The van der Waals surface area contributed by atoms with Crippen molar-refractivity contribution in [1.82, 2.24) is 14.7 Å². The molecule has 1 saturated heterocycles. The van der Waals surface area contributed by atoms with E-state index in [9.17, 15) is 4.79 Å². The third kappa shape index (κ3) is 2.43. The van der Waals surface area contributed by atoms with Crippen molar-refractivity contribution in [1.29, 1.82) is 0 Å². The highest BCUT2D eigenvalue weighted by atomic mass is 16.2. The van der Waals surface area contributed by atoms with Crippen molar-refractivity contribution >= 4 is 11.6 Å². The van der Waals surface area contributed by atoms with Gasteiger partial charge in [0.1, 0.15) is 0 Å². The third-order valence-corrected chi connectivity index (χ3v) is 3.54. The number of carbonyl (C=O) groups excluding carboxylic acids is 1. The Balaban J connectivity index is 2.04. The average Bonchev–Trinajstić information content (AvgIpc) is 2.68. The van der Waals surface area contributed by atoms with E-state index in [-0.39, 0.29) is 5.91 Å². The maximum Gasteiger partial charge on any atom is 0.276 e. The summed E-state index contributed by atoms with van der Waals surface area (Å²) in [6, 6.07) is 0. The van der Waals surface area contributed by atoms with E-state index in [0.717, 1.165) is 31.8 Å². The van der Waals surface area contributed by atoms with Gasteiger partial charge in [0, 0.05) is 26.3 Å². The van der Waals surface area contributed by atoms with Crippen molar-refractivity contribution in [2.75, 3.05) is 18.8 Å². The smallest absolute Gasteiger partial charge is 0.276 e.